The summed E-state index contributed by atoms with van der Waals surface area (Å²) in [6.07, 6.45) is 0. The van der Waals surface area contributed by atoms with E-state index in [9.17, 15) is 0 Å². The molecule has 3 aromatic heterocycles. The molecule has 7 aromatic carbocycles. The summed E-state index contributed by atoms with van der Waals surface area (Å²) in [5.41, 5.74) is 6.66. The zero-order valence-corrected chi connectivity index (χ0v) is 26.5. The van der Waals surface area contributed by atoms with E-state index < -0.39 is 18.1 Å². The van der Waals surface area contributed by atoms with E-state index in [-0.39, 0.29) is 17.6 Å². The third-order valence-electron chi connectivity index (χ3n) is 9.14. The van der Waals surface area contributed by atoms with Crippen LogP contribution in [0.4, 0.5) is 0 Å². The lowest BCUT2D eigenvalue weighted by Crippen LogP contribution is -2.06. The molecule has 0 saturated heterocycles. The van der Waals surface area contributed by atoms with Crippen LogP contribution in [0.25, 0.3) is 94.7 Å². The summed E-state index contributed by atoms with van der Waals surface area (Å²) < 4.78 is 51.4. The lowest BCUT2D eigenvalue weighted by Gasteiger charge is -2.10. The van der Waals surface area contributed by atoms with Crippen molar-refractivity contribution in [1.29, 1.82) is 0 Å². The fraction of sp³-hybridized carbons (Fsp3) is 0. The van der Waals surface area contributed by atoms with Gasteiger partial charge in [-0.25, -0.2) is 4.98 Å². The number of nitrogens with zero attached hydrogens (tertiary/aromatic N) is 4. The van der Waals surface area contributed by atoms with Crippen molar-refractivity contribution in [3.63, 3.8) is 0 Å². The molecule has 10 rings (SSSR count). The van der Waals surface area contributed by atoms with Gasteiger partial charge >= 0.3 is 0 Å². The van der Waals surface area contributed by atoms with Crippen molar-refractivity contribution >= 4 is 43.7 Å². The topological polar surface area (TPSA) is 56.7 Å². The normalized spacial score (nSPS) is 13.0. The molecule has 0 atom stereocenters. The van der Waals surface area contributed by atoms with Gasteiger partial charge in [-0.2, -0.15) is 9.97 Å². The summed E-state index contributed by atoms with van der Waals surface area (Å²) >= 11 is 0. The van der Waals surface area contributed by atoms with Gasteiger partial charge in [-0.15, -0.1) is 0 Å². The Balaban J connectivity index is 1.22. The van der Waals surface area contributed by atoms with E-state index in [1.165, 1.54) is 0 Å². The largest absolute Gasteiger partial charge is 0.455 e. The number of para-hydroxylation sites is 2. The minimum Gasteiger partial charge on any atom is -0.455 e. The maximum Gasteiger partial charge on any atom is 0.238 e. The zero-order chi connectivity index (χ0) is 37.4. The van der Waals surface area contributed by atoms with Gasteiger partial charge in [-0.3, -0.25) is 4.57 Å². The molecule has 50 heavy (non-hydrogen) atoms. The SMILES string of the molecule is [2H]c1c([2H])c([2H])c(-c2cc(-c3ccccc3)cc3c2oc2cc(-c4nc(-c5ccccc5)nc(-n5c6ccccc6c6ccccc65)n4)ccc23)c([2H])c1[2H]. The van der Waals surface area contributed by atoms with Crippen LogP contribution < -0.4 is 0 Å². The number of rotatable bonds is 5. The summed E-state index contributed by atoms with van der Waals surface area (Å²) in [6, 6.07) is 43.8. The fourth-order valence-corrected chi connectivity index (χ4v) is 6.83. The third kappa shape index (κ3) is 4.60. The summed E-state index contributed by atoms with van der Waals surface area (Å²) in [5.74, 6) is 1.44. The van der Waals surface area contributed by atoms with Crippen LogP contribution in [0.5, 0.6) is 0 Å². The zero-order valence-electron chi connectivity index (χ0n) is 31.5. The maximum atomic E-state index is 8.84. The lowest BCUT2D eigenvalue weighted by atomic mass is 9.95. The summed E-state index contributed by atoms with van der Waals surface area (Å²) in [5, 5.41) is 3.73. The number of furan rings is 1. The van der Waals surface area contributed by atoms with Gasteiger partial charge in [-0.1, -0.05) is 133 Å². The smallest absolute Gasteiger partial charge is 0.238 e. The number of fused-ring (bicyclic) bond motifs is 6. The van der Waals surface area contributed by atoms with Crippen molar-refractivity contribution in [2.75, 3.05) is 0 Å². The van der Waals surface area contributed by atoms with E-state index in [0.717, 1.165) is 49.3 Å². The van der Waals surface area contributed by atoms with E-state index in [0.29, 0.717) is 39.9 Å². The first-order valence-corrected chi connectivity index (χ1v) is 16.3. The molecular weight excluding hydrogens is 613 g/mol. The second-order valence-electron chi connectivity index (χ2n) is 12.1. The number of hydrogen-bond donors (Lipinski definition) is 0. The molecule has 5 nitrogen and oxygen atoms in total. The lowest BCUT2D eigenvalue weighted by molar-refractivity contribution is 0.670. The average molecular weight is 646 g/mol. The van der Waals surface area contributed by atoms with Gasteiger partial charge in [0.25, 0.3) is 0 Å². The van der Waals surface area contributed by atoms with E-state index >= 15 is 0 Å². The Kier molecular flexibility index (Phi) is 5.35. The van der Waals surface area contributed by atoms with Crippen molar-refractivity contribution in [2.24, 2.45) is 0 Å². The van der Waals surface area contributed by atoms with Crippen molar-refractivity contribution < 1.29 is 11.3 Å². The minimum atomic E-state index is -0.448. The summed E-state index contributed by atoms with van der Waals surface area (Å²) in [6.45, 7) is 0. The molecule has 0 amide bonds. The van der Waals surface area contributed by atoms with Gasteiger partial charge in [-0.05, 0) is 53.1 Å². The standard InChI is InChI=1S/C45H28N4O/c1-4-14-29(15-5-1)33-26-37(30-16-6-2-7-17-30)42-38(27-33)36-25-24-32(28-41(36)50-42)44-46-43(31-18-8-3-9-19-31)47-45(48-44)49-39-22-12-10-20-34(39)35-21-11-13-23-40(35)49/h1-28H/i2D,6D,7D,16D,17D. The van der Waals surface area contributed by atoms with Crippen LogP contribution in [-0.2, 0) is 0 Å². The van der Waals surface area contributed by atoms with Crippen LogP contribution in [0.2, 0.25) is 0 Å². The molecule has 0 N–H and O–H groups in total. The van der Waals surface area contributed by atoms with E-state index in [2.05, 4.69) is 28.8 Å². The first-order valence-electron chi connectivity index (χ1n) is 18.8. The van der Waals surface area contributed by atoms with Crippen LogP contribution in [0.15, 0.2) is 174 Å². The van der Waals surface area contributed by atoms with Crippen LogP contribution in [0.3, 0.4) is 0 Å². The van der Waals surface area contributed by atoms with Crippen molar-refractivity contribution in [2.45, 2.75) is 0 Å². The molecule has 0 aliphatic heterocycles. The van der Waals surface area contributed by atoms with Crippen LogP contribution in [-0.4, -0.2) is 19.5 Å². The summed E-state index contributed by atoms with van der Waals surface area (Å²) in [7, 11) is 0. The predicted octanol–water partition coefficient (Wildman–Crippen LogP) is 11.5. The number of aromatic nitrogens is 4. The minimum absolute atomic E-state index is 0.0776. The molecule has 0 unspecified atom stereocenters. The van der Waals surface area contributed by atoms with Crippen molar-refractivity contribution in [3.05, 3.63) is 170 Å². The monoisotopic (exact) mass is 645 g/mol. The Morgan fingerprint density at radius 2 is 1.08 bits per heavy atom. The Morgan fingerprint density at radius 3 is 1.78 bits per heavy atom. The molecule has 0 spiro atoms. The Labute approximate surface area is 294 Å². The highest BCUT2D eigenvalue weighted by Gasteiger charge is 2.20. The van der Waals surface area contributed by atoms with Crippen LogP contribution in [0, 0.1) is 0 Å². The van der Waals surface area contributed by atoms with Gasteiger partial charge in [0.1, 0.15) is 11.2 Å². The Hall–Kier alpha value is -6.85. The molecule has 0 bridgehead atoms. The highest BCUT2D eigenvalue weighted by molar-refractivity contribution is 6.12. The van der Waals surface area contributed by atoms with Crippen LogP contribution >= 0.6 is 0 Å². The van der Waals surface area contributed by atoms with Gasteiger partial charge in [0.2, 0.25) is 5.95 Å². The quantitative estimate of drug-likeness (QED) is 0.187. The van der Waals surface area contributed by atoms with E-state index in [1.807, 2.05) is 115 Å². The predicted molar refractivity (Wildman–Crippen MR) is 203 cm³/mol. The van der Waals surface area contributed by atoms with Gasteiger partial charge in [0.15, 0.2) is 11.6 Å². The highest BCUT2D eigenvalue weighted by atomic mass is 16.3. The third-order valence-corrected chi connectivity index (χ3v) is 9.14. The molecule has 5 heteroatoms. The Morgan fingerprint density at radius 1 is 0.460 bits per heavy atom. The first-order chi connectivity index (χ1) is 26.9. The van der Waals surface area contributed by atoms with Crippen molar-refractivity contribution in [3.8, 4) is 51.0 Å². The highest BCUT2D eigenvalue weighted by Crippen LogP contribution is 2.41. The van der Waals surface area contributed by atoms with Gasteiger partial charge in [0, 0.05) is 38.2 Å². The molecule has 0 radical (unpaired) electrons. The molecule has 0 fully saturated rings. The van der Waals surface area contributed by atoms with E-state index in [1.54, 1.807) is 0 Å². The second-order valence-corrected chi connectivity index (χ2v) is 12.1. The Bertz CT molecular complexity index is 3080. The fourth-order valence-electron chi connectivity index (χ4n) is 6.83. The molecule has 0 aliphatic rings. The maximum absolute atomic E-state index is 8.84. The molecule has 0 saturated carbocycles. The van der Waals surface area contributed by atoms with Crippen LogP contribution in [0.1, 0.15) is 6.85 Å². The summed E-state index contributed by atoms with van der Waals surface area (Å²) in [4.78, 5) is 15.1. The molecular formula is C45H28N4O. The van der Waals surface area contributed by atoms with Gasteiger partial charge in [0.05, 0.1) is 17.9 Å². The molecule has 10 aromatic rings. The number of hydrogen-bond acceptors (Lipinski definition) is 4. The van der Waals surface area contributed by atoms with Gasteiger partial charge < -0.3 is 4.42 Å². The first kappa shape index (κ1) is 23.5. The molecule has 0 aliphatic carbocycles. The molecule has 234 valence electrons. The average Bonchev–Trinajstić information content (AvgIpc) is 3.78. The second kappa shape index (κ2) is 11.4. The van der Waals surface area contributed by atoms with Crippen molar-refractivity contribution in [1.82, 2.24) is 19.5 Å². The molecule has 3 heterocycles. The van der Waals surface area contributed by atoms with E-state index in [4.69, 9.17) is 26.2 Å². The number of benzene rings is 7.